The van der Waals surface area contributed by atoms with Crippen molar-refractivity contribution < 1.29 is 9.53 Å². The molecule has 3 heterocycles. The molecule has 3 aromatic rings. The van der Waals surface area contributed by atoms with Gasteiger partial charge in [0, 0.05) is 9.90 Å². The zero-order chi connectivity index (χ0) is 20.7. The molecule has 0 radical (unpaired) electrons. The summed E-state index contributed by atoms with van der Waals surface area (Å²) in [6.45, 7) is 3.75. The van der Waals surface area contributed by atoms with Crippen molar-refractivity contribution in [1.29, 1.82) is 0 Å². The van der Waals surface area contributed by atoms with Gasteiger partial charge in [0.15, 0.2) is 4.80 Å². The van der Waals surface area contributed by atoms with Crippen molar-refractivity contribution in [3.05, 3.63) is 87.7 Å². The maximum absolute atomic E-state index is 13.4. The van der Waals surface area contributed by atoms with E-state index in [9.17, 15) is 9.59 Å². The lowest BCUT2D eigenvalue weighted by atomic mass is 9.96. The Balaban J connectivity index is 2.03. The van der Waals surface area contributed by atoms with Crippen LogP contribution in [0.2, 0.25) is 5.02 Å². The van der Waals surface area contributed by atoms with E-state index in [0.717, 1.165) is 10.4 Å². The lowest BCUT2D eigenvalue weighted by Gasteiger charge is -2.25. The molecule has 4 rings (SSSR count). The molecule has 1 atom stereocenters. The lowest BCUT2D eigenvalue weighted by molar-refractivity contribution is -0.136. The number of esters is 1. The van der Waals surface area contributed by atoms with Gasteiger partial charge in [0.1, 0.15) is 6.04 Å². The lowest BCUT2D eigenvalue weighted by Crippen LogP contribution is -2.39. The minimum Gasteiger partial charge on any atom is -0.466 e. The third-order valence-electron chi connectivity index (χ3n) is 4.79. The highest BCUT2D eigenvalue weighted by Crippen LogP contribution is 2.34. The van der Waals surface area contributed by atoms with E-state index in [0.29, 0.717) is 31.2 Å². The largest absolute Gasteiger partial charge is 0.466 e. The molecule has 0 saturated carbocycles. The smallest absolute Gasteiger partial charge is 0.338 e. The van der Waals surface area contributed by atoms with E-state index >= 15 is 0 Å². The van der Waals surface area contributed by atoms with Crippen LogP contribution in [0.4, 0.5) is 0 Å². The van der Waals surface area contributed by atoms with Crippen LogP contribution >= 0.6 is 34.3 Å². The normalized spacial score (nSPS) is 16.6. The number of carbonyl (C=O) groups excluding carboxylic acids is 1. The minimum atomic E-state index is -0.695. The Morgan fingerprint density at radius 2 is 2.03 bits per heavy atom. The average Bonchev–Trinajstić information content (AvgIpc) is 3.24. The predicted molar refractivity (Wildman–Crippen MR) is 116 cm³/mol. The summed E-state index contributed by atoms with van der Waals surface area (Å²) in [5, 5.41) is 2.46. The van der Waals surface area contributed by atoms with Crippen molar-refractivity contribution in [2.45, 2.75) is 19.9 Å². The fraction of sp³-hybridized carbons (Fsp3) is 0.190. The number of nitrogens with zero attached hydrogens (tertiary/aromatic N) is 2. The number of hydrogen-bond donors (Lipinski definition) is 0. The minimum absolute atomic E-state index is 0.208. The molecule has 5 nitrogen and oxygen atoms in total. The van der Waals surface area contributed by atoms with Crippen molar-refractivity contribution in [1.82, 2.24) is 4.57 Å². The van der Waals surface area contributed by atoms with E-state index in [1.807, 2.05) is 42.6 Å². The van der Waals surface area contributed by atoms with E-state index in [2.05, 4.69) is 4.99 Å². The number of halogens is 1. The number of carbonyl (C=O) groups is 1. The van der Waals surface area contributed by atoms with Crippen LogP contribution in [0, 0.1) is 6.92 Å². The Kier molecular flexibility index (Phi) is 5.29. The number of benzene rings is 1. The summed E-state index contributed by atoms with van der Waals surface area (Å²) < 4.78 is 7.10. The molecule has 1 aromatic carbocycles. The number of hydrogen-bond acceptors (Lipinski definition) is 6. The summed E-state index contributed by atoms with van der Waals surface area (Å²) in [6.07, 6.45) is 1.88. The molecular weight excluding hydrogens is 428 g/mol. The maximum atomic E-state index is 13.4. The number of allylic oxidation sites excluding steroid dienone is 1. The maximum Gasteiger partial charge on any atom is 0.338 e. The number of methoxy groups -OCH3 is 1. The number of fused-ring (bicyclic) bond motifs is 1. The Bertz CT molecular complexity index is 1330. The fourth-order valence-electron chi connectivity index (χ4n) is 3.34. The summed E-state index contributed by atoms with van der Waals surface area (Å²) in [4.78, 5) is 32.1. The number of thiophene rings is 1. The van der Waals surface area contributed by atoms with Crippen LogP contribution in [0.15, 0.2) is 56.8 Å². The molecule has 0 bridgehead atoms. The summed E-state index contributed by atoms with van der Waals surface area (Å²) >= 11 is 9.34. The van der Waals surface area contributed by atoms with Crippen LogP contribution in [0.1, 0.15) is 29.0 Å². The molecule has 0 N–H and O–H groups in total. The molecule has 0 spiro atoms. The molecule has 148 valence electrons. The van der Waals surface area contributed by atoms with E-state index in [1.54, 1.807) is 28.9 Å². The summed E-state index contributed by atoms with van der Waals surface area (Å²) in [7, 11) is 1.32. The Morgan fingerprint density at radius 1 is 1.28 bits per heavy atom. The highest BCUT2D eigenvalue weighted by Gasteiger charge is 2.34. The van der Waals surface area contributed by atoms with Crippen LogP contribution in [-0.2, 0) is 9.53 Å². The first-order valence-corrected chi connectivity index (χ1v) is 10.9. The molecule has 0 unspecified atom stereocenters. The number of thiazole rings is 1. The standard InChI is InChI=1S/C21H17ClN2O3S2/c1-11-8-9-28-15(11)10-16-19(25)24-18(13-6-4-5-7-14(13)22)17(20(26)27-3)12(2)23-21(24)29-16/h4-10,18H,1-3H3/b16-10+/t18-/m0/s1. The third kappa shape index (κ3) is 3.39. The van der Waals surface area contributed by atoms with Crippen molar-refractivity contribution in [3.8, 4) is 0 Å². The van der Waals surface area contributed by atoms with Crippen LogP contribution in [0.5, 0.6) is 0 Å². The Morgan fingerprint density at radius 3 is 2.69 bits per heavy atom. The number of rotatable bonds is 3. The first-order valence-electron chi connectivity index (χ1n) is 8.81. The number of aromatic nitrogens is 1. The fourth-order valence-corrected chi connectivity index (χ4v) is 5.54. The monoisotopic (exact) mass is 444 g/mol. The third-order valence-corrected chi connectivity index (χ3v) is 7.08. The van der Waals surface area contributed by atoms with Crippen molar-refractivity contribution in [2.24, 2.45) is 4.99 Å². The van der Waals surface area contributed by atoms with E-state index < -0.39 is 12.0 Å². The van der Waals surface area contributed by atoms with Gasteiger partial charge in [-0.25, -0.2) is 9.79 Å². The SMILES string of the molecule is COC(=O)C1=C(C)N=c2s/c(=C/c3sccc3C)c(=O)n2[C@H]1c1ccccc1Cl. The zero-order valence-electron chi connectivity index (χ0n) is 15.9. The Labute approximate surface area is 179 Å². The molecule has 1 aliphatic rings. The van der Waals surface area contributed by atoms with Crippen molar-refractivity contribution in [2.75, 3.05) is 7.11 Å². The van der Waals surface area contributed by atoms with Gasteiger partial charge in [-0.3, -0.25) is 9.36 Å². The summed E-state index contributed by atoms with van der Waals surface area (Å²) in [6, 6.07) is 8.51. The first kappa shape index (κ1) is 19.8. The highest BCUT2D eigenvalue weighted by molar-refractivity contribution is 7.11. The van der Waals surface area contributed by atoms with Gasteiger partial charge in [-0.2, -0.15) is 0 Å². The summed E-state index contributed by atoms with van der Waals surface area (Å²) in [5.41, 5.74) is 2.38. The molecule has 8 heteroatoms. The van der Waals surface area contributed by atoms with E-state index in [-0.39, 0.29) is 5.56 Å². The quantitative estimate of drug-likeness (QED) is 0.581. The van der Waals surface area contributed by atoms with E-state index in [1.165, 1.54) is 18.4 Å². The molecule has 0 fully saturated rings. The van der Waals surface area contributed by atoms with Crippen LogP contribution in [-0.4, -0.2) is 17.6 Å². The van der Waals surface area contributed by atoms with Crippen LogP contribution in [0.3, 0.4) is 0 Å². The van der Waals surface area contributed by atoms with Gasteiger partial charge in [0.05, 0.1) is 22.9 Å². The second kappa shape index (κ2) is 7.74. The summed E-state index contributed by atoms with van der Waals surface area (Å²) in [5.74, 6) is -0.528. The van der Waals surface area contributed by atoms with Gasteiger partial charge >= 0.3 is 5.97 Å². The van der Waals surface area contributed by atoms with Crippen LogP contribution in [0.25, 0.3) is 6.08 Å². The average molecular weight is 445 g/mol. The van der Waals surface area contributed by atoms with Crippen molar-refractivity contribution in [3.63, 3.8) is 0 Å². The molecular formula is C21H17ClN2O3S2. The van der Waals surface area contributed by atoms with Gasteiger partial charge in [0.2, 0.25) is 0 Å². The van der Waals surface area contributed by atoms with Gasteiger partial charge in [-0.1, -0.05) is 41.1 Å². The van der Waals surface area contributed by atoms with Gasteiger partial charge in [-0.05, 0) is 48.6 Å². The second-order valence-electron chi connectivity index (χ2n) is 6.56. The molecule has 0 saturated heterocycles. The predicted octanol–water partition coefficient (Wildman–Crippen LogP) is 3.43. The van der Waals surface area contributed by atoms with Gasteiger partial charge < -0.3 is 4.74 Å². The van der Waals surface area contributed by atoms with Crippen LogP contribution < -0.4 is 14.9 Å². The zero-order valence-corrected chi connectivity index (χ0v) is 18.3. The molecule has 1 aliphatic heterocycles. The molecule has 0 amide bonds. The van der Waals surface area contributed by atoms with E-state index in [4.69, 9.17) is 16.3 Å². The topological polar surface area (TPSA) is 60.7 Å². The van der Waals surface area contributed by atoms with Gasteiger partial charge in [0.25, 0.3) is 5.56 Å². The number of ether oxygens (including phenoxy) is 1. The first-order chi connectivity index (χ1) is 13.9. The molecule has 2 aromatic heterocycles. The highest BCUT2D eigenvalue weighted by atomic mass is 35.5. The van der Waals surface area contributed by atoms with Gasteiger partial charge in [-0.15, -0.1) is 11.3 Å². The molecule has 29 heavy (non-hydrogen) atoms. The Hall–Kier alpha value is -2.48. The molecule has 0 aliphatic carbocycles. The number of aryl methyl sites for hydroxylation is 1. The van der Waals surface area contributed by atoms with Crippen molar-refractivity contribution >= 4 is 46.3 Å². The second-order valence-corrected chi connectivity index (χ2v) is 8.93.